The van der Waals surface area contributed by atoms with Crippen LogP contribution in [0.25, 0.3) is 0 Å². The number of amides is 1. The molecule has 1 atom stereocenters. The fourth-order valence-corrected chi connectivity index (χ4v) is 1.47. The van der Waals surface area contributed by atoms with Gasteiger partial charge in [-0.15, -0.1) is 11.6 Å². The quantitative estimate of drug-likeness (QED) is 0.788. The Kier molecular flexibility index (Phi) is 4.15. The SMILES string of the molecule is Cc1ccc(C(=O)NCC(C)Cl)c(C)c1. The van der Waals surface area contributed by atoms with Crippen LogP contribution in [0.3, 0.4) is 0 Å². The standard InChI is InChI=1S/C12H16ClNO/c1-8-4-5-11(9(2)6-8)12(15)14-7-10(3)13/h4-6,10H,7H2,1-3H3,(H,14,15). The molecule has 0 spiro atoms. The second-order valence-corrected chi connectivity index (χ2v) is 4.55. The zero-order chi connectivity index (χ0) is 11.4. The molecule has 1 rings (SSSR count). The predicted octanol–water partition coefficient (Wildman–Crippen LogP) is 2.66. The van der Waals surface area contributed by atoms with Crippen LogP contribution in [0.15, 0.2) is 18.2 Å². The topological polar surface area (TPSA) is 29.1 Å². The number of rotatable bonds is 3. The normalized spacial score (nSPS) is 12.3. The minimum absolute atomic E-state index is 0.0419. The lowest BCUT2D eigenvalue weighted by Gasteiger charge is -2.09. The monoisotopic (exact) mass is 225 g/mol. The van der Waals surface area contributed by atoms with Crippen LogP contribution in [-0.2, 0) is 0 Å². The number of benzene rings is 1. The van der Waals surface area contributed by atoms with Crippen molar-refractivity contribution in [2.24, 2.45) is 0 Å². The first-order valence-corrected chi connectivity index (χ1v) is 5.44. The van der Waals surface area contributed by atoms with E-state index in [0.717, 1.165) is 16.7 Å². The number of aryl methyl sites for hydroxylation is 2. The Morgan fingerprint density at radius 2 is 2.13 bits per heavy atom. The van der Waals surface area contributed by atoms with Gasteiger partial charge in [-0.25, -0.2) is 0 Å². The van der Waals surface area contributed by atoms with Gasteiger partial charge in [0.2, 0.25) is 0 Å². The summed E-state index contributed by atoms with van der Waals surface area (Å²) in [4.78, 5) is 11.7. The highest BCUT2D eigenvalue weighted by Crippen LogP contribution is 2.10. The Balaban J connectivity index is 2.74. The summed E-state index contributed by atoms with van der Waals surface area (Å²) in [6.07, 6.45) is 0. The minimum Gasteiger partial charge on any atom is -0.351 e. The van der Waals surface area contributed by atoms with Crippen molar-refractivity contribution in [1.29, 1.82) is 0 Å². The first-order chi connectivity index (χ1) is 7.00. The van der Waals surface area contributed by atoms with Gasteiger partial charge in [0.05, 0.1) is 0 Å². The number of alkyl halides is 1. The molecule has 0 aliphatic rings. The van der Waals surface area contributed by atoms with Crippen LogP contribution in [0.4, 0.5) is 0 Å². The molecule has 1 aromatic rings. The van der Waals surface area contributed by atoms with Crippen molar-refractivity contribution < 1.29 is 4.79 Å². The van der Waals surface area contributed by atoms with Crippen molar-refractivity contribution >= 4 is 17.5 Å². The molecule has 1 amide bonds. The van der Waals surface area contributed by atoms with Crippen LogP contribution < -0.4 is 5.32 Å². The largest absolute Gasteiger partial charge is 0.351 e. The second kappa shape index (κ2) is 5.17. The Hall–Kier alpha value is -1.02. The van der Waals surface area contributed by atoms with Gasteiger partial charge in [-0.2, -0.15) is 0 Å². The molecule has 0 saturated carbocycles. The van der Waals surface area contributed by atoms with Gasteiger partial charge >= 0.3 is 0 Å². The number of carbonyl (C=O) groups excluding carboxylic acids is 1. The van der Waals surface area contributed by atoms with Gasteiger partial charge in [-0.05, 0) is 32.4 Å². The van der Waals surface area contributed by atoms with E-state index in [-0.39, 0.29) is 11.3 Å². The van der Waals surface area contributed by atoms with Crippen LogP contribution in [0.5, 0.6) is 0 Å². The molecule has 2 nitrogen and oxygen atoms in total. The summed E-state index contributed by atoms with van der Waals surface area (Å²) >= 11 is 5.76. The summed E-state index contributed by atoms with van der Waals surface area (Å²) in [5.41, 5.74) is 2.88. The Labute approximate surface area is 95.6 Å². The molecule has 15 heavy (non-hydrogen) atoms. The Morgan fingerprint density at radius 1 is 1.47 bits per heavy atom. The van der Waals surface area contributed by atoms with E-state index in [4.69, 9.17) is 11.6 Å². The van der Waals surface area contributed by atoms with E-state index in [1.165, 1.54) is 0 Å². The lowest BCUT2D eigenvalue weighted by molar-refractivity contribution is 0.0953. The Bertz CT molecular complexity index is 361. The lowest BCUT2D eigenvalue weighted by atomic mass is 10.1. The van der Waals surface area contributed by atoms with Gasteiger partial charge in [-0.3, -0.25) is 4.79 Å². The third kappa shape index (κ3) is 3.56. The van der Waals surface area contributed by atoms with Crippen molar-refractivity contribution in [3.8, 4) is 0 Å². The molecule has 0 aromatic heterocycles. The van der Waals surface area contributed by atoms with Crippen molar-refractivity contribution in [3.05, 3.63) is 34.9 Å². The van der Waals surface area contributed by atoms with E-state index in [0.29, 0.717) is 6.54 Å². The van der Waals surface area contributed by atoms with E-state index < -0.39 is 0 Å². The highest BCUT2D eigenvalue weighted by molar-refractivity contribution is 6.20. The summed E-state index contributed by atoms with van der Waals surface area (Å²) in [6, 6.07) is 5.78. The van der Waals surface area contributed by atoms with Crippen LogP contribution in [0.2, 0.25) is 0 Å². The maximum Gasteiger partial charge on any atom is 0.251 e. The number of halogens is 1. The van der Waals surface area contributed by atoms with Crippen molar-refractivity contribution in [1.82, 2.24) is 5.32 Å². The van der Waals surface area contributed by atoms with Crippen LogP contribution in [0.1, 0.15) is 28.4 Å². The van der Waals surface area contributed by atoms with Crippen molar-refractivity contribution in [2.75, 3.05) is 6.54 Å². The van der Waals surface area contributed by atoms with Crippen molar-refractivity contribution in [3.63, 3.8) is 0 Å². The van der Waals surface area contributed by atoms with Gasteiger partial charge in [0, 0.05) is 17.5 Å². The van der Waals surface area contributed by atoms with Crippen LogP contribution >= 0.6 is 11.6 Å². The summed E-state index contributed by atoms with van der Waals surface area (Å²) in [6.45, 7) is 6.29. The number of nitrogens with one attached hydrogen (secondary N) is 1. The summed E-state index contributed by atoms with van der Waals surface area (Å²) in [5.74, 6) is -0.0556. The number of hydrogen-bond donors (Lipinski definition) is 1. The molecular weight excluding hydrogens is 210 g/mol. The number of hydrogen-bond acceptors (Lipinski definition) is 1. The zero-order valence-electron chi connectivity index (χ0n) is 9.30. The maximum atomic E-state index is 11.7. The molecule has 0 heterocycles. The van der Waals surface area contributed by atoms with E-state index in [9.17, 15) is 4.79 Å². The minimum atomic E-state index is -0.0556. The van der Waals surface area contributed by atoms with E-state index in [1.54, 1.807) is 0 Å². The van der Waals surface area contributed by atoms with Gasteiger partial charge in [0.1, 0.15) is 0 Å². The van der Waals surface area contributed by atoms with Crippen molar-refractivity contribution in [2.45, 2.75) is 26.1 Å². The smallest absolute Gasteiger partial charge is 0.251 e. The molecule has 0 aliphatic carbocycles. The lowest BCUT2D eigenvalue weighted by Crippen LogP contribution is -2.29. The van der Waals surface area contributed by atoms with Gasteiger partial charge in [-0.1, -0.05) is 17.7 Å². The summed E-state index contributed by atoms with van der Waals surface area (Å²) in [5, 5.41) is 2.75. The first-order valence-electron chi connectivity index (χ1n) is 5.00. The molecule has 0 fully saturated rings. The third-order valence-electron chi connectivity index (χ3n) is 2.17. The highest BCUT2D eigenvalue weighted by Gasteiger charge is 2.08. The zero-order valence-corrected chi connectivity index (χ0v) is 10.1. The molecule has 82 valence electrons. The van der Waals surface area contributed by atoms with Gasteiger partial charge in [0.15, 0.2) is 0 Å². The fourth-order valence-electron chi connectivity index (χ4n) is 1.40. The maximum absolute atomic E-state index is 11.7. The molecule has 0 aliphatic heterocycles. The molecule has 0 radical (unpaired) electrons. The van der Waals surface area contributed by atoms with E-state index >= 15 is 0 Å². The molecule has 0 saturated heterocycles. The third-order valence-corrected chi connectivity index (χ3v) is 2.32. The molecule has 1 aromatic carbocycles. The molecule has 3 heteroatoms. The highest BCUT2D eigenvalue weighted by atomic mass is 35.5. The predicted molar refractivity (Wildman–Crippen MR) is 63.6 cm³/mol. The average molecular weight is 226 g/mol. The van der Waals surface area contributed by atoms with Crippen LogP contribution in [0, 0.1) is 13.8 Å². The average Bonchev–Trinajstić information content (AvgIpc) is 2.14. The van der Waals surface area contributed by atoms with E-state index in [1.807, 2.05) is 39.0 Å². The number of carbonyl (C=O) groups is 1. The van der Waals surface area contributed by atoms with E-state index in [2.05, 4.69) is 5.32 Å². The molecular formula is C12H16ClNO. The summed E-state index contributed by atoms with van der Waals surface area (Å²) < 4.78 is 0. The molecule has 1 N–H and O–H groups in total. The van der Waals surface area contributed by atoms with Gasteiger partial charge in [0.25, 0.3) is 5.91 Å². The van der Waals surface area contributed by atoms with Gasteiger partial charge < -0.3 is 5.32 Å². The fraction of sp³-hybridized carbons (Fsp3) is 0.417. The Morgan fingerprint density at radius 3 is 2.67 bits per heavy atom. The van der Waals surface area contributed by atoms with Crippen LogP contribution in [-0.4, -0.2) is 17.8 Å². The second-order valence-electron chi connectivity index (χ2n) is 3.81. The first kappa shape index (κ1) is 12.1. The molecule has 1 unspecified atom stereocenters. The summed E-state index contributed by atoms with van der Waals surface area (Å²) in [7, 11) is 0. The molecule has 0 bridgehead atoms.